The summed E-state index contributed by atoms with van der Waals surface area (Å²) in [6.45, 7) is 1.04. The minimum atomic E-state index is -3.83. The van der Waals surface area contributed by atoms with Crippen molar-refractivity contribution in [3.63, 3.8) is 0 Å². The molecule has 31 heavy (non-hydrogen) atoms. The smallest absolute Gasteiger partial charge is 0.280 e. The fraction of sp³-hybridized carbons (Fsp3) is 0.350. The van der Waals surface area contributed by atoms with Crippen molar-refractivity contribution < 1.29 is 26.7 Å². The highest BCUT2D eigenvalue weighted by Gasteiger charge is 2.35. The van der Waals surface area contributed by atoms with Crippen LogP contribution in [0.3, 0.4) is 0 Å². The Bertz CT molecular complexity index is 1120. The van der Waals surface area contributed by atoms with E-state index in [1.165, 1.54) is 22.5 Å². The Morgan fingerprint density at radius 1 is 1.13 bits per heavy atom. The standard InChI is InChI=1S/C20H20ClF2N3O4S/c21-15-11-12(1-4-16(15)22)24-20(27)14-2-5-17(23)19-13(14)3-6-18(19)25-31(28,29)26-7-9-30-10-8-26/h1-2,4-5,11,18,25H,3,6-10H2,(H,24,27). The number of rotatable bonds is 5. The van der Waals surface area contributed by atoms with E-state index < -0.39 is 33.8 Å². The van der Waals surface area contributed by atoms with Gasteiger partial charge in [0.05, 0.1) is 24.3 Å². The molecule has 2 aromatic carbocycles. The van der Waals surface area contributed by atoms with E-state index in [1.54, 1.807) is 0 Å². The van der Waals surface area contributed by atoms with Crippen LogP contribution < -0.4 is 10.0 Å². The van der Waals surface area contributed by atoms with Crippen LogP contribution in [0.2, 0.25) is 5.02 Å². The van der Waals surface area contributed by atoms with Crippen molar-refractivity contribution in [2.24, 2.45) is 0 Å². The van der Waals surface area contributed by atoms with Gasteiger partial charge in [0, 0.05) is 29.9 Å². The van der Waals surface area contributed by atoms with E-state index in [0.29, 0.717) is 31.6 Å². The summed E-state index contributed by atoms with van der Waals surface area (Å²) in [6, 6.07) is 5.49. The number of morpholine rings is 1. The van der Waals surface area contributed by atoms with Gasteiger partial charge in [-0.05, 0) is 48.7 Å². The van der Waals surface area contributed by atoms with Crippen LogP contribution in [-0.2, 0) is 21.4 Å². The zero-order valence-electron chi connectivity index (χ0n) is 16.3. The molecule has 2 aromatic rings. The van der Waals surface area contributed by atoms with Gasteiger partial charge >= 0.3 is 0 Å². The molecule has 0 bridgehead atoms. The lowest BCUT2D eigenvalue weighted by molar-refractivity contribution is 0.0723. The van der Waals surface area contributed by atoms with Crippen LogP contribution in [0.15, 0.2) is 30.3 Å². The molecule has 1 aliphatic carbocycles. The molecular weight excluding hydrogens is 452 g/mol. The lowest BCUT2D eigenvalue weighted by Gasteiger charge is -2.28. The van der Waals surface area contributed by atoms with E-state index in [0.717, 1.165) is 12.1 Å². The molecule has 1 atom stereocenters. The molecule has 1 saturated heterocycles. The average molecular weight is 472 g/mol. The summed E-state index contributed by atoms with van der Waals surface area (Å²) >= 11 is 5.75. The van der Waals surface area contributed by atoms with Crippen molar-refractivity contribution in [3.05, 3.63) is 63.7 Å². The first-order valence-corrected chi connectivity index (χ1v) is 11.5. The van der Waals surface area contributed by atoms with Crippen LogP contribution in [0.1, 0.15) is 33.9 Å². The number of halogens is 3. The molecule has 1 unspecified atom stereocenters. The van der Waals surface area contributed by atoms with Gasteiger partial charge in [0.2, 0.25) is 0 Å². The van der Waals surface area contributed by atoms with Crippen molar-refractivity contribution in [2.45, 2.75) is 18.9 Å². The molecule has 1 heterocycles. The summed E-state index contributed by atoms with van der Waals surface area (Å²) in [7, 11) is -3.83. The number of ether oxygens (including phenoxy) is 1. The van der Waals surface area contributed by atoms with Gasteiger partial charge in [0.15, 0.2) is 0 Å². The maximum atomic E-state index is 14.7. The van der Waals surface area contributed by atoms with Crippen molar-refractivity contribution in [3.8, 4) is 0 Å². The molecular formula is C20H20ClF2N3O4S. The molecule has 4 rings (SSSR count). The van der Waals surface area contributed by atoms with Crippen LogP contribution in [-0.4, -0.2) is 44.9 Å². The third kappa shape index (κ3) is 4.58. The number of benzene rings is 2. The van der Waals surface area contributed by atoms with Crippen LogP contribution in [0.5, 0.6) is 0 Å². The molecule has 0 aromatic heterocycles. The Morgan fingerprint density at radius 2 is 1.84 bits per heavy atom. The van der Waals surface area contributed by atoms with Gasteiger partial charge in [-0.2, -0.15) is 17.4 Å². The number of hydrogen-bond donors (Lipinski definition) is 2. The van der Waals surface area contributed by atoms with Gasteiger partial charge in [-0.3, -0.25) is 4.79 Å². The van der Waals surface area contributed by atoms with Gasteiger partial charge in [-0.15, -0.1) is 0 Å². The fourth-order valence-corrected chi connectivity index (χ4v) is 5.41. The third-order valence-corrected chi connectivity index (χ3v) is 7.28. The Morgan fingerprint density at radius 3 is 2.55 bits per heavy atom. The Labute approximate surface area is 183 Å². The second-order valence-electron chi connectivity index (χ2n) is 7.30. The number of fused-ring (bicyclic) bond motifs is 1. The van der Waals surface area contributed by atoms with E-state index in [1.807, 2.05) is 0 Å². The Hall–Kier alpha value is -2.11. The third-order valence-electron chi connectivity index (χ3n) is 5.36. The molecule has 0 radical (unpaired) electrons. The topological polar surface area (TPSA) is 87.7 Å². The summed E-state index contributed by atoms with van der Waals surface area (Å²) in [5.41, 5.74) is 1.13. The number of nitrogens with one attached hydrogen (secondary N) is 2. The SMILES string of the molecule is O=C(Nc1ccc(F)c(Cl)c1)c1ccc(F)c2c1CCC2NS(=O)(=O)N1CCOCC1. The van der Waals surface area contributed by atoms with Crippen molar-refractivity contribution in [1.29, 1.82) is 0 Å². The quantitative estimate of drug-likeness (QED) is 0.701. The molecule has 0 saturated carbocycles. The minimum absolute atomic E-state index is 0.139. The summed E-state index contributed by atoms with van der Waals surface area (Å²) in [6.07, 6.45) is 0.652. The van der Waals surface area contributed by atoms with Crippen molar-refractivity contribution in [2.75, 3.05) is 31.6 Å². The van der Waals surface area contributed by atoms with Crippen molar-refractivity contribution >= 4 is 33.4 Å². The lowest BCUT2D eigenvalue weighted by atomic mass is 10.0. The molecule has 0 spiro atoms. The fourth-order valence-electron chi connectivity index (χ4n) is 3.86. The second kappa shape index (κ2) is 8.79. The number of anilines is 1. The van der Waals surface area contributed by atoms with Gasteiger partial charge in [-0.25, -0.2) is 8.78 Å². The minimum Gasteiger partial charge on any atom is -0.379 e. The molecule has 1 amide bonds. The van der Waals surface area contributed by atoms with E-state index >= 15 is 0 Å². The summed E-state index contributed by atoms with van der Waals surface area (Å²) < 4.78 is 62.4. The number of carbonyl (C=O) groups is 1. The number of hydrogen-bond acceptors (Lipinski definition) is 4. The van der Waals surface area contributed by atoms with Gasteiger partial charge in [-0.1, -0.05) is 11.6 Å². The van der Waals surface area contributed by atoms with E-state index in [4.69, 9.17) is 16.3 Å². The Kier molecular flexibility index (Phi) is 6.27. The molecule has 11 heteroatoms. The van der Waals surface area contributed by atoms with Gasteiger partial charge < -0.3 is 10.1 Å². The monoisotopic (exact) mass is 471 g/mol. The van der Waals surface area contributed by atoms with Crippen LogP contribution in [0, 0.1) is 11.6 Å². The number of carbonyl (C=O) groups excluding carboxylic acids is 1. The largest absolute Gasteiger partial charge is 0.379 e. The zero-order chi connectivity index (χ0) is 22.2. The molecule has 1 fully saturated rings. The lowest BCUT2D eigenvalue weighted by Crippen LogP contribution is -2.47. The first kappa shape index (κ1) is 22.1. The summed E-state index contributed by atoms with van der Waals surface area (Å²) in [5, 5.41) is 2.48. The predicted octanol–water partition coefficient (Wildman–Crippen LogP) is 3.02. The maximum absolute atomic E-state index is 14.7. The first-order valence-electron chi connectivity index (χ1n) is 9.69. The highest BCUT2D eigenvalue weighted by Crippen LogP contribution is 2.36. The molecule has 2 N–H and O–H groups in total. The van der Waals surface area contributed by atoms with Gasteiger partial charge in [0.1, 0.15) is 11.6 Å². The van der Waals surface area contributed by atoms with Crippen LogP contribution in [0.25, 0.3) is 0 Å². The molecule has 2 aliphatic rings. The first-order chi connectivity index (χ1) is 14.8. The maximum Gasteiger partial charge on any atom is 0.280 e. The van der Waals surface area contributed by atoms with E-state index in [2.05, 4.69) is 10.0 Å². The summed E-state index contributed by atoms with van der Waals surface area (Å²) in [4.78, 5) is 12.8. The van der Waals surface area contributed by atoms with Gasteiger partial charge in [0.25, 0.3) is 16.1 Å². The Balaban J connectivity index is 1.57. The highest BCUT2D eigenvalue weighted by molar-refractivity contribution is 7.87. The summed E-state index contributed by atoms with van der Waals surface area (Å²) in [5.74, 6) is -1.71. The average Bonchev–Trinajstić information content (AvgIpc) is 3.15. The molecule has 1 aliphatic heterocycles. The highest BCUT2D eigenvalue weighted by atomic mass is 35.5. The number of amides is 1. The second-order valence-corrected chi connectivity index (χ2v) is 9.41. The van der Waals surface area contributed by atoms with E-state index in [-0.39, 0.29) is 34.9 Å². The molecule has 7 nitrogen and oxygen atoms in total. The normalized spacial score (nSPS) is 19.3. The van der Waals surface area contributed by atoms with Crippen molar-refractivity contribution in [1.82, 2.24) is 9.03 Å². The van der Waals surface area contributed by atoms with Crippen LogP contribution in [0.4, 0.5) is 14.5 Å². The molecule has 166 valence electrons. The predicted molar refractivity (Wildman–Crippen MR) is 111 cm³/mol. The van der Waals surface area contributed by atoms with E-state index in [9.17, 15) is 22.0 Å². The zero-order valence-corrected chi connectivity index (χ0v) is 17.9. The number of nitrogens with zero attached hydrogens (tertiary/aromatic N) is 1. The van der Waals surface area contributed by atoms with Crippen LogP contribution >= 0.6 is 11.6 Å².